The van der Waals surface area contributed by atoms with Crippen LogP contribution in [0, 0.1) is 12.8 Å². The fourth-order valence-corrected chi connectivity index (χ4v) is 4.41. The van der Waals surface area contributed by atoms with Crippen molar-refractivity contribution in [2.45, 2.75) is 50.2 Å². The molecule has 3 rings (SSSR count). The van der Waals surface area contributed by atoms with Crippen molar-refractivity contribution in [3.63, 3.8) is 0 Å². The highest BCUT2D eigenvalue weighted by Gasteiger charge is 2.45. The van der Waals surface area contributed by atoms with Crippen LogP contribution in [0.3, 0.4) is 0 Å². The molecule has 33 heavy (non-hydrogen) atoms. The second-order valence-electron chi connectivity index (χ2n) is 7.96. The van der Waals surface area contributed by atoms with Gasteiger partial charge in [0.05, 0.1) is 30.8 Å². The zero-order valence-corrected chi connectivity index (χ0v) is 19.7. The Labute approximate surface area is 193 Å². The molecule has 0 saturated carbocycles. The molecule has 9 nitrogen and oxygen atoms in total. The second kappa shape index (κ2) is 10.5. The van der Waals surface area contributed by atoms with Gasteiger partial charge in [0.1, 0.15) is 17.5 Å². The standard InChI is InChI=1S/C23H29NO8S/c1-14-5-11-19(12-6-14)33(27,28)30-13-20-15(2)22(26)21(24-16(3)25)23(32-20)31-18-9-7-17(29-4)8-10-18/h5-12,15,20-23,26H,13H2,1-4H3,(H,24,25)/t15-,20?,21?,22+,23-/m1/s1. The Morgan fingerprint density at radius 2 is 1.70 bits per heavy atom. The molecule has 2 aromatic rings. The lowest BCUT2D eigenvalue weighted by Gasteiger charge is -2.43. The fourth-order valence-electron chi connectivity index (χ4n) is 3.49. The van der Waals surface area contributed by atoms with Crippen molar-refractivity contribution in [2.75, 3.05) is 13.7 Å². The molecule has 1 saturated heterocycles. The Morgan fingerprint density at radius 1 is 1.09 bits per heavy atom. The number of hydrogen-bond acceptors (Lipinski definition) is 8. The van der Waals surface area contributed by atoms with Gasteiger partial charge >= 0.3 is 0 Å². The smallest absolute Gasteiger partial charge is 0.297 e. The van der Waals surface area contributed by atoms with Gasteiger partial charge < -0.3 is 24.6 Å². The number of ether oxygens (including phenoxy) is 3. The van der Waals surface area contributed by atoms with Crippen LogP contribution in [-0.2, 0) is 23.8 Å². The Morgan fingerprint density at radius 3 is 2.27 bits per heavy atom. The summed E-state index contributed by atoms with van der Waals surface area (Å²) in [6.07, 6.45) is -2.96. The van der Waals surface area contributed by atoms with E-state index in [1.807, 2.05) is 6.92 Å². The van der Waals surface area contributed by atoms with Gasteiger partial charge in [-0.15, -0.1) is 0 Å². The van der Waals surface area contributed by atoms with Gasteiger partial charge in [-0.25, -0.2) is 0 Å². The van der Waals surface area contributed by atoms with Crippen LogP contribution >= 0.6 is 0 Å². The van der Waals surface area contributed by atoms with E-state index < -0.39 is 40.6 Å². The topological polar surface area (TPSA) is 120 Å². The quantitative estimate of drug-likeness (QED) is 0.552. The molecule has 2 N–H and O–H groups in total. The van der Waals surface area contributed by atoms with Gasteiger partial charge in [0.25, 0.3) is 10.1 Å². The molecule has 0 aliphatic carbocycles. The van der Waals surface area contributed by atoms with E-state index in [-0.39, 0.29) is 17.4 Å². The Hall–Kier alpha value is -2.66. The largest absolute Gasteiger partial charge is 0.497 e. The first-order valence-electron chi connectivity index (χ1n) is 10.5. The molecule has 10 heteroatoms. The van der Waals surface area contributed by atoms with E-state index in [4.69, 9.17) is 18.4 Å². The third kappa shape index (κ3) is 6.23. The molecule has 5 atom stereocenters. The first-order chi connectivity index (χ1) is 15.6. The van der Waals surface area contributed by atoms with Crippen molar-refractivity contribution in [3.05, 3.63) is 54.1 Å². The van der Waals surface area contributed by atoms with E-state index in [1.165, 1.54) is 19.1 Å². The third-order valence-electron chi connectivity index (χ3n) is 5.47. The van der Waals surface area contributed by atoms with Crippen molar-refractivity contribution < 1.29 is 36.7 Å². The number of aliphatic hydroxyl groups is 1. The minimum absolute atomic E-state index is 0.0271. The van der Waals surface area contributed by atoms with Crippen LogP contribution in [0.25, 0.3) is 0 Å². The van der Waals surface area contributed by atoms with Gasteiger partial charge in [-0.3, -0.25) is 8.98 Å². The molecule has 1 aliphatic rings. The maximum absolute atomic E-state index is 12.6. The number of carbonyl (C=O) groups is 1. The van der Waals surface area contributed by atoms with Crippen molar-refractivity contribution in [1.82, 2.24) is 5.32 Å². The molecule has 1 aliphatic heterocycles. The summed E-state index contributed by atoms with van der Waals surface area (Å²) in [5.41, 5.74) is 0.920. The highest BCUT2D eigenvalue weighted by Crippen LogP contribution is 2.30. The predicted molar refractivity (Wildman–Crippen MR) is 119 cm³/mol. The molecule has 180 valence electrons. The minimum Gasteiger partial charge on any atom is -0.497 e. The van der Waals surface area contributed by atoms with Crippen molar-refractivity contribution in [2.24, 2.45) is 5.92 Å². The summed E-state index contributed by atoms with van der Waals surface area (Å²) in [6.45, 7) is 4.54. The van der Waals surface area contributed by atoms with Gasteiger partial charge in [-0.1, -0.05) is 24.6 Å². The number of aryl methyl sites for hydroxylation is 1. The molecule has 2 aromatic carbocycles. The molecular weight excluding hydrogens is 450 g/mol. The van der Waals surface area contributed by atoms with E-state index >= 15 is 0 Å². The monoisotopic (exact) mass is 479 g/mol. The normalized spacial score (nSPS) is 25.3. The summed E-state index contributed by atoms with van der Waals surface area (Å²) in [6, 6.07) is 12.1. The van der Waals surface area contributed by atoms with Crippen LogP contribution in [0.1, 0.15) is 19.4 Å². The second-order valence-corrected chi connectivity index (χ2v) is 9.58. The van der Waals surface area contributed by atoms with Crippen LogP contribution in [-0.4, -0.2) is 57.7 Å². The van der Waals surface area contributed by atoms with Gasteiger partial charge in [0.15, 0.2) is 0 Å². The number of rotatable bonds is 8. The Kier molecular flexibility index (Phi) is 7.96. The predicted octanol–water partition coefficient (Wildman–Crippen LogP) is 2.01. The van der Waals surface area contributed by atoms with Gasteiger partial charge in [0.2, 0.25) is 12.2 Å². The third-order valence-corrected chi connectivity index (χ3v) is 6.77. The average molecular weight is 480 g/mol. The molecule has 0 radical (unpaired) electrons. The van der Waals surface area contributed by atoms with Crippen LogP contribution in [0.2, 0.25) is 0 Å². The molecular formula is C23H29NO8S. The summed E-state index contributed by atoms with van der Waals surface area (Å²) in [4.78, 5) is 11.7. The van der Waals surface area contributed by atoms with Crippen molar-refractivity contribution in [1.29, 1.82) is 0 Å². The maximum Gasteiger partial charge on any atom is 0.297 e. The number of hydrogen-bond donors (Lipinski definition) is 2. The van der Waals surface area contributed by atoms with Gasteiger partial charge in [0, 0.05) is 12.8 Å². The number of nitrogens with one attached hydrogen (secondary N) is 1. The zero-order chi connectivity index (χ0) is 24.2. The molecule has 0 spiro atoms. The Bertz CT molecular complexity index is 1040. The number of benzene rings is 2. The van der Waals surface area contributed by atoms with Crippen molar-refractivity contribution >= 4 is 16.0 Å². The SMILES string of the molecule is COc1ccc(O[C@@H]2OC(COS(=O)(=O)c3ccc(C)cc3)[C@@H](C)[C@H](O)C2NC(C)=O)cc1. The zero-order valence-electron chi connectivity index (χ0n) is 18.9. The van der Waals surface area contributed by atoms with E-state index in [1.54, 1.807) is 50.4 Å². The van der Waals surface area contributed by atoms with E-state index in [2.05, 4.69) is 5.32 Å². The number of methoxy groups -OCH3 is 1. The fraction of sp³-hybridized carbons (Fsp3) is 0.435. The molecule has 2 unspecified atom stereocenters. The lowest BCUT2D eigenvalue weighted by molar-refractivity contribution is -0.222. The van der Waals surface area contributed by atoms with E-state index in [0.29, 0.717) is 11.5 Å². The first kappa shape index (κ1) is 25.0. The van der Waals surface area contributed by atoms with E-state index in [0.717, 1.165) is 5.56 Å². The van der Waals surface area contributed by atoms with Crippen LogP contribution in [0.5, 0.6) is 11.5 Å². The number of carbonyl (C=O) groups excluding carboxylic acids is 1. The lowest BCUT2D eigenvalue weighted by atomic mass is 9.89. The number of aliphatic hydroxyl groups excluding tert-OH is 1. The lowest BCUT2D eigenvalue weighted by Crippen LogP contribution is -2.62. The van der Waals surface area contributed by atoms with E-state index in [9.17, 15) is 18.3 Å². The van der Waals surface area contributed by atoms with Crippen LogP contribution < -0.4 is 14.8 Å². The molecule has 0 aromatic heterocycles. The maximum atomic E-state index is 12.6. The van der Waals surface area contributed by atoms with Crippen LogP contribution in [0.15, 0.2) is 53.4 Å². The Balaban J connectivity index is 1.76. The first-order valence-corrected chi connectivity index (χ1v) is 11.9. The summed E-state index contributed by atoms with van der Waals surface area (Å²) in [5.74, 6) is 0.136. The number of amides is 1. The summed E-state index contributed by atoms with van der Waals surface area (Å²) in [7, 11) is -2.48. The molecule has 1 heterocycles. The van der Waals surface area contributed by atoms with Gasteiger partial charge in [-0.05, 0) is 43.3 Å². The van der Waals surface area contributed by atoms with Crippen molar-refractivity contribution in [3.8, 4) is 11.5 Å². The van der Waals surface area contributed by atoms with Gasteiger partial charge in [-0.2, -0.15) is 8.42 Å². The highest BCUT2D eigenvalue weighted by atomic mass is 32.2. The average Bonchev–Trinajstić information content (AvgIpc) is 2.78. The van der Waals surface area contributed by atoms with Crippen LogP contribution in [0.4, 0.5) is 0 Å². The summed E-state index contributed by atoms with van der Waals surface area (Å²) in [5, 5.41) is 13.5. The summed E-state index contributed by atoms with van der Waals surface area (Å²) < 4.78 is 47.4. The molecule has 1 amide bonds. The molecule has 1 fully saturated rings. The molecule has 0 bridgehead atoms. The highest BCUT2D eigenvalue weighted by molar-refractivity contribution is 7.86. The minimum atomic E-state index is -4.02. The summed E-state index contributed by atoms with van der Waals surface area (Å²) >= 11 is 0.